The molecule has 0 spiro atoms. The molecule has 0 saturated carbocycles. The smallest absolute Gasteiger partial charge is 0.271 e. The molecular weight excluding hydrogens is 418 g/mol. The van der Waals surface area contributed by atoms with E-state index in [1.807, 2.05) is 24.3 Å². The van der Waals surface area contributed by atoms with Crippen LogP contribution in [0.2, 0.25) is 0 Å². The summed E-state index contributed by atoms with van der Waals surface area (Å²) in [4.78, 5) is 48.6. The summed E-state index contributed by atoms with van der Waals surface area (Å²) in [5.74, 6) is -0.963. The highest BCUT2D eigenvalue weighted by atomic mass is 16.2. The molecule has 8 nitrogen and oxygen atoms in total. The fraction of sp³-hybridized carbons (Fsp3) is 0.240. The van der Waals surface area contributed by atoms with Gasteiger partial charge in [-0.15, -0.1) is 0 Å². The van der Waals surface area contributed by atoms with E-state index in [4.69, 9.17) is 0 Å². The molecule has 3 amide bonds. The van der Waals surface area contributed by atoms with Crippen molar-refractivity contribution >= 4 is 23.4 Å². The molecule has 8 heteroatoms. The van der Waals surface area contributed by atoms with Crippen LogP contribution in [0.15, 0.2) is 55.0 Å². The molecule has 3 aromatic rings. The molecule has 2 aromatic carbocycles. The lowest BCUT2D eigenvalue weighted by atomic mass is 9.95. The first-order valence-corrected chi connectivity index (χ1v) is 10.8. The lowest BCUT2D eigenvalue weighted by Gasteiger charge is -2.24. The average Bonchev–Trinajstić information content (AvgIpc) is 3.20. The van der Waals surface area contributed by atoms with Gasteiger partial charge < -0.3 is 15.5 Å². The van der Waals surface area contributed by atoms with Gasteiger partial charge >= 0.3 is 0 Å². The van der Waals surface area contributed by atoms with E-state index in [2.05, 4.69) is 40.5 Å². The van der Waals surface area contributed by atoms with Gasteiger partial charge in [-0.2, -0.15) is 0 Å². The molecule has 0 unspecified atom stereocenters. The quantitative estimate of drug-likeness (QED) is 0.650. The number of hydrogen-bond acceptors (Lipinski definition) is 5. The molecule has 3 heterocycles. The van der Waals surface area contributed by atoms with Gasteiger partial charge in [-0.25, -0.2) is 4.98 Å². The van der Waals surface area contributed by atoms with Crippen LogP contribution in [0.3, 0.4) is 0 Å². The highest BCUT2D eigenvalue weighted by molar-refractivity contribution is 6.11. The summed E-state index contributed by atoms with van der Waals surface area (Å²) < 4.78 is 0. The summed E-state index contributed by atoms with van der Waals surface area (Å²) in [5.41, 5.74) is 5.38. The second kappa shape index (κ2) is 8.12. The molecule has 2 atom stereocenters. The number of rotatable bonds is 3. The van der Waals surface area contributed by atoms with E-state index in [9.17, 15) is 14.4 Å². The summed E-state index contributed by atoms with van der Waals surface area (Å²) in [6, 6.07) is 10.3. The number of anilines is 1. The van der Waals surface area contributed by atoms with Gasteiger partial charge in [0.1, 0.15) is 11.7 Å². The fourth-order valence-electron chi connectivity index (χ4n) is 4.58. The van der Waals surface area contributed by atoms with Crippen LogP contribution in [0, 0.1) is 13.8 Å². The number of carbonyl (C=O) groups is 3. The van der Waals surface area contributed by atoms with E-state index in [-0.39, 0.29) is 17.5 Å². The normalized spacial score (nSPS) is 19.4. The zero-order valence-corrected chi connectivity index (χ0v) is 18.3. The summed E-state index contributed by atoms with van der Waals surface area (Å²) >= 11 is 0. The Morgan fingerprint density at radius 3 is 2.76 bits per heavy atom. The van der Waals surface area contributed by atoms with Crippen LogP contribution in [-0.4, -0.2) is 51.2 Å². The van der Waals surface area contributed by atoms with Crippen LogP contribution in [-0.2, 0) is 4.79 Å². The summed E-state index contributed by atoms with van der Waals surface area (Å²) in [7, 11) is 0. The van der Waals surface area contributed by atoms with Crippen molar-refractivity contribution in [2.24, 2.45) is 0 Å². The molecule has 33 heavy (non-hydrogen) atoms. The molecular formula is C25H23N5O3. The van der Waals surface area contributed by atoms with Gasteiger partial charge in [-0.1, -0.05) is 24.3 Å². The van der Waals surface area contributed by atoms with Gasteiger partial charge in [0.05, 0.1) is 23.5 Å². The minimum absolute atomic E-state index is 0.165. The number of aromatic nitrogens is 2. The number of hydrogen-bond donors (Lipinski definition) is 2. The minimum atomic E-state index is -0.797. The third-order valence-electron chi connectivity index (χ3n) is 6.46. The standard InChI is InChI=1S/C25H23N5O3/c1-14-4-3-5-17(15(14)2)16-6-7-19-18(12-16)25(33)30-11-8-20(22(30)24(32)28-19)29-23(31)21-13-26-9-10-27-21/h3-7,9-10,12-13,20,22H,8,11H2,1-2H3,(H,28,32)(H,29,31)/t20-,22-/m0/s1. The largest absolute Gasteiger partial charge is 0.345 e. The molecule has 1 aromatic heterocycles. The predicted octanol–water partition coefficient (Wildman–Crippen LogP) is 2.73. The van der Waals surface area contributed by atoms with E-state index >= 15 is 0 Å². The summed E-state index contributed by atoms with van der Waals surface area (Å²) in [6.07, 6.45) is 4.75. The van der Waals surface area contributed by atoms with Gasteiger partial charge in [-0.3, -0.25) is 19.4 Å². The van der Waals surface area contributed by atoms with Crippen LogP contribution in [0.25, 0.3) is 11.1 Å². The van der Waals surface area contributed by atoms with Gasteiger partial charge in [0.25, 0.3) is 11.8 Å². The fourth-order valence-corrected chi connectivity index (χ4v) is 4.58. The number of carbonyl (C=O) groups excluding carboxylic acids is 3. The van der Waals surface area contributed by atoms with Crippen molar-refractivity contribution in [1.29, 1.82) is 0 Å². The molecule has 166 valence electrons. The topological polar surface area (TPSA) is 104 Å². The van der Waals surface area contributed by atoms with E-state index in [1.54, 1.807) is 11.0 Å². The van der Waals surface area contributed by atoms with Gasteiger partial charge in [-0.05, 0) is 54.7 Å². The van der Waals surface area contributed by atoms with Crippen LogP contribution in [0.5, 0.6) is 0 Å². The number of benzene rings is 2. The Kier molecular flexibility index (Phi) is 5.12. The number of fused-ring (bicyclic) bond motifs is 2. The third kappa shape index (κ3) is 3.63. The van der Waals surface area contributed by atoms with Crippen molar-refractivity contribution in [2.75, 3.05) is 11.9 Å². The highest BCUT2D eigenvalue weighted by Crippen LogP contribution is 2.33. The first kappa shape index (κ1) is 20.8. The van der Waals surface area contributed by atoms with E-state index in [0.29, 0.717) is 24.2 Å². The number of nitrogens with one attached hydrogen (secondary N) is 2. The van der Waals surface area contributed by atoms with E-state index < -0.39 is 18.0 Å². The van der Waals surface area contributed by atoms with Crippen molar-refractivity contribution in [3.63, 3.8) is 0 Å². The number of nitrogens with zero attached hydrogens (tertiary/aromatic N) is 3. The molecule has 2 aliphatic heterocycles. The molecule has 0 aliphatic carbocycles. The van der Waals surface area contributed by atoms with Gasteiger partial charge in [0.15, 0.2) is 0 Å². The molecule has 1 saturated heterocycles. The third-order valence-corrected chi connectivity index (χ3v) is 6.46. The zero-order chi connectivity index (χ0) is 23.1. The van der Waals surface area contributed by atoms with Gasteiger partial charge in [0.2, 0.25) is 5.91 Å². The molecule has 1 fully saturated rings. The Bertz CT molecular complexity index is 1270. The Balaban J connectivity index is 1.45. The Labute approximate surface area is 191 Å². The van der Waals surface area contributed by atoms with Crippen LogP contribution in [0.4, 0.5) is 5.69 Å². The van der Waals surface area contributed by atoms with E-state index in [0.717, 1.165) is 16.7 Å². The minimum Gasteiger partial charge on any atom is -0.345 e. The average molecular weight is 441 g/mol. The number of amides is 3. The van der Waals surface area contributed by atoms with Crippen molar-refractivity contribution < 1.29 is 14.4 Å². The van der Waals surface area contributed by atoms with Crippen molar-refractivity contribution in [3.8, 4) is 11.1 Å². The van der Waals surface area contributed by atoms with E-state index in [1.165, 1.54) is 24.2 Å². The SMILES string of the molecule is Cc1cccc(-c2ccc3c(c2)C(=O)N2CC[C@H](NC(=O)c4cnccn4)[C@H]2C(=O)N3)c1C. The molecule has 0 bridgehead atoms. The maximum absolute atomic E-state index is 13.5. The summed E-state index contributed by atoms with van der Waals surface area (Å²) in [6.45, 7) is 4.48. The first-order chi connectivity index (χ1) is 15.9. The summed E-state index contributed by atoms with van der Waals surface area (Å²) in [5, 5.41) is 5.75. The first-order valence-electron chi connectivity index (χ1n) is 10.8. The molecule has 0 radical (unpaired) electrons. The second-order valence-corrected chi connectivity index (χ2v) is 8.40. The predicted molar refractivity (Wildman–Crippen MR) is 123 cm³/mol. The number of aryl methyl sites for hydroxylation is 1. The van der Waals surface area contributed by atoms with Crippen molar-refractivity contribution in [2.45, 2.75) is 32.4 Å². The lowest BCUT2D eigenvalue weighted by Crippen LogP contribution is -2.51. The Morgan fingerprint density at radius 1 is 1.12 bits per heavy atom. The second-order valence-electron chi connectivity index (χ2n) is 8.40. The van der Waals surface area contributed by atoms with Crippen LogP contribution >= 0.6 is 0 Å². The Hall–Kier alpha value is -4.07. The van der Waals surface area contributed by atoms with Crippen LogP contribution < -0.4 is 10.6 Å². The lowest BCUT2D eigenvalue weighted by molar-refractivity contribution is -0.120. The Morgan fingerprint density at radius 2 is 1.97 bits per heavy atom. The maximum Gasteiger partial charge on any atom is 0.271 e. The van der Waals surface area contributed by atoms with Crippen molar-refractivity contribution in [1.82, 2.24) is 20.2 Å². The van der Waals surface area contributed by atoms with Gasteiger partial charge in [0, 0.05) is 18.9 Å². The maximum atomic E-state index is 13.5. The van der Waals surface area contributed by atoms with Crippen LogP contribution in [0.1, 0.15) is 38.4 Å². The zero-order valence-electron chi connectivity index (χ0n) is 18.3. The molecule has 2 aliphatic rings. The molecule has 2 N–H and O–H groups in total. The van der Waals surface area contributed by atoms with Crippen molar-refractivity contribution in [3.05, 3.63) is 77.4 Å². The highest BCUT2D eigenvalue weighted by Gasteiger charge is 2.45. The monoisotopic (exact) mass is 441 g/mol. The molecule has 5 rings (SSSR count).